The molecule has 1 amide bonds. The van der Waals surface area contributed by atoms with Crippen molar-refractivity contribution in [1.82, 2.24) is 0 Å². The summed E-state index contributed by atoms with van der Waals surface area (Å²) in [6.07, 6.45) is 0.939. The van der Waals surface area contributed by atoms with Crippen LogP contribution < -0.4 is 9.64 Å². The SMILES string of the molecule is CC1CCN(C(=O)COc2cccc(C#N)c2)c2ccccc2S1. The van der Waals surface area contributed by atoms with E-state index >= 15 is 0 Å². The van der Waals surface area contributed by atoms with Crippen molar-refractivity contribution in [1.29, 1.82) is 5.26 Å². The van der Waals surface area contributed by atoms with Crippen LogP contribution >= 0.6 is 11.8 Å². The van der Waals surface area contributed by atoms with Gasteiger partial charge >= 0.3 is 0 Å². The summed E-state index contributed by atoms with van der Waals surface area (Å²) in [6, 6.07) is 16.9. The molecule has 0 aromatic heterocycles. The number of carbonyl (C=O) groups excluding carboxylic acids is 1. The summed E-state index contributed by atoms with van der Waals surface area (Å²) in [5.74, 6) is 0.466. The number of amides is 1. The topological polar surface area (TPSA) is 53.3 Å². The summed E-state index contributed by atoms with van der Waals surface area (Å²) in [6.45, 7) is 2.83. The molecule has 122 valence electrons. The maximum Gasteiger partial charge on any atom is 0.264 e. The van der Waals surface area contributed by atoms with Gasteiger partial charge in [0.1, 0.15) is 5.75 Å². The second-order valence-corrected chi connectivity index (χ2v) is 7.14. The highest BCUT2D eigenvalue weighted by molar-refractivity contribution is 8.00. The lowest BCUT2D eigenvalue weighted by atomic mass is 10.2. The number of hydrogen-bond acceptors (Lipinski definition) is 4. The molecule has 1 aliphatic heterocycles. The molecule has 2 aromatic carbocycles. The number of para-hydroxylation sites is 1. The minimum absolute atomic E-state index is 0.0394. The number of nitrogens with zero attached hydrogens (tertiary/aromatic N) is 2. The molecule has 0 bridgehead atoms. The zero-order chi connectivity index (χ0) is 16.9. The second kappa shape index (κ2) is 7.41. The predicted octanol–water partition coefficient (Wildman–Crippen LogP) is 3.85. The molecule has 0 aliphatic carbocycles. The number of ether oxygens (including phenoxy) is 1. The van der Waals surface area contributed by atoms with Gasteiger partial charge in [0.25, 0.3) is 5.91 Å². The summed E-state index contributed by atoms with van der Waals surface area (Å²) in [4.78, 5) is 15.6. The number of hydrogen-bond donors (Lipinski definition) is 0. The van der Waals surface area contributed by atoms with Crippen LogP contribution in [0.25, 0.3) is 0 Å². The van der Waals surface area contributed by atoms with Crippen molar-refractivity contribution in [3.63, 3.8) is 0 Å². The fourth-order valence-corrected chi connectivity index (χ4v) is 3.74. The van der Waals surface area contributed by atoms with Crippen molar-refractivity contribution in [3.05, 3.63) is 54.1 Å². The first-order valence-electron chi connectivity index (χ1n) is 7.86. The van der Waals surface area contributed by atoms with E-state index in [9.17, 15) is 4.79 Å². The lowest BCUT2D eigenvalue weighted by molar-refractivity contribution is -0.120. The van der Waals surface area contributed by atoms with Gasteiger partial charge in [0, 0.05) is 16.7 Å². The highest BCUT2D eigenvalue weighted by Gasteiger charge is 2.24. The van der Waals surface area contributed by atoms with Crippen LogP contribution in [0.3, 0.4) is 0 Å². The number of thioether (sulfide) groups is 1. The Hall–Kier alpha value is -2.45. The van der Waals surface area contributed by atoms with E-state index in [4.69, 9.17) is 10.00 Å². The van der Waals surface area contributed by atoms with Gasteiger partial charge in [-0.25, -0.2) is 0 Å². The van der Waals surface area contributed by atoms with Crippen molar-refractivity contribution < 1.29 is 9.53 Å². The van der Waals surface area contributed by atoms with E-state index in [1.54, 1.807) is 40.9 Å². The van der Waals surface area contributed by atoms with Gasteiger partial charge < -0.3 is 9.64 Å². The Bertz CT molecular complexity index is 785. The Balaban J connectivity index is 1.74. The fourth-order valence-electron chi connectivity index (χ4n) is 2.62. The number of benzene rings is 2. The number of fused-ring (bicyclic) bond motifs is 1. The monoisotopic (exact) mass is 338 g/mol. The van der Waals surface area contributed by atoms with Crippen LogP contribution in [0.2, 0.25) is 0 Å². The Labute approximate surface area is 146 Å². The average Bonchev–Trinajstić information content (AvgIpc) is 2.78. The van der Waals surface area contributed by atoms with E-state index in [0.29, 0.717) is 23.1 Å². The predicted molar refractivity (Wildman–Crippen MR) is 95.4 cm³/mol. The Kier molecular flexibility index (Phi) is 5.07. The maximum absolute atomic E-state index is 12.7. The van der Waals surface area contributed by atoms with Crippen LogP contribution in [0.4, 0.5) is 5.69 Å². The Morgan fingerprint density at radius 1 is 1.33 bits per heavy atom. The Morgan fingerprint density at radius 2 is 2.17 bits per heavy atom. The van der Waals surface area contributed by atoms with E-state index in [2.05, 4.69) is 19.1 Å². The number of nitriles is 1. The van der Waals surface area contributed by atoms with Crippen LogP contribution in [-0.2, 0) is 4.79 Å². The van der Waals surface area contributed by atoms with E-state index in [1.165, 1.54) is 0 Å². The van der Waals surface area contributed by atoms with Gasteiger partial charge in [-0.2, -0.15) is 5.26 Å². The first kappa shape index (κ1) is 16.4. The lowest BCUT2D eigenvalue weighted by Gasteiger charge is -2.22. The first-order valence-corrected chi connectivity index (χ1v) is 8.74. The largest absolute Gasteiger partial charge is 0.484 e. The van der Waals surface area contributed by atoms with Gasteiger partial charge in [0.2, 0.25) is 0 Å². The standard InChI is InChI=1S/C19H18N2O2S/c1-14-9-10-21(17-7-2-3-8-18(17)24-14)19(22)13-23-16-6-4-5-15(11-16)12-20/h2-8,11,14H,9-10,13H2,1H3. The normalized spacial score (nSPS) is 16.7. The van der Waals surface area contributed by atoms with Crippen LogP contribution in [0, 0.1) is 11.3 Å². The Morgan fingerprint density at radius 3 is 3.00 bits per heavy atom. The molecule has 1 unspecified atom stereocenters. The summed E-state index contributed by atoms with van der Waals surface area (Å²) >= 11 is 1.80. The van der Waals surface area contributed by atoms with Crippen molar-refractivity contribution in [3.8, 4) is 11.8 Å². The molecule has 0 saturated heterocycles. The molecule has 1 atom stereocenters. The van der Waals surface area contributed by atoms with Crippen molar-refractivity contribution in [2.24, 2.45) is 0 Å². The third-order valence-electron chi connectivity index (χ3n) is 3.87. The summed E-state index contributed by atoms with van der Waals surface area (Å²) in [7, 11) is 0. The second-order valence-electron chi connectivity index (χ2n) is 5.66. The van der Waals surface area contributed by atoms with Crippen molar-refractivity contribution >= 4 is 23.4 Å². The van der Waals surface area contributed by atoms with Gasteiger partial charge in [0.05, 0.1) is 17.3 Å². The number of anilines is 1. The third kappa shape index (κ3) is 3.72. The average molecular weight is 338 g/mol. The molecular weight excluding hydrogens is 320 g/mol. The van der Waals surface area contributed by atoms with Gasteiger partial charge in [-0.15, -0.1) is 11.8 Å². The molecule has 2 aromatic rings. The summed E-state index contributed by atoms with van der Waals surface area (Å²) in [5, 5.41) is 9.40. The molecule has 0 N–H and O–H groups in total. The molecular formula is C19H18N2O2S. The van der Waals surface area contributed by atoms with Crippen molar-refractivity contribution in [2.75, 3.05) is 18.1 Å². The fraction of sp³-hybridized carbons (Fsp3) is 0.263. The van der Waals surface area contributed by atoms with Gasteiger partial charge in [-0.05, 0) is 36.8 Å². The number of rotatable bonds is 3. The van der Waals surface area contributed by atoms with E-state index < -0.39 is 0 Å². The zero-order valence-electron chi connectivity index (χ0n) is 13.4. The third-order valence-corrected chi connectivity index (χ3v) is 5.11. The molecule has 24 heavy (non-hydrogen) atoms. The maximum atomic E-state index is 12.7. The zero-order valence-corrected chi connectivity index (χ0v) is 14.3. The first-order chi connectivity index (χ1) is 11.7. The quantitative estimate of drug-likeness (QED) is 0.853. The molecule has 4 nitrogen and oxygen atoms in total. The molecule has 5 heteroatoms. The highest BCUT2D eigenvalue weighted by Crippen LogP contribution is 2.37. The summed E-state index contributed by atoms with van der Waals surface area (Å²) in [5.41, 5.74) is 1.47. The molecule has 1 heterocycles. The van der Waals surface area contributed by atoms with Crippen LogP contribution in [0.5, 0.6) is 5.75 Å². The smallest absolute Gasteiger partial charge is 0.264 e. The van der Waals surface area contributed by atoms with Gasteiger partial charge in [-0.1, -0.05) is 25.1 Å². The molecule has 0 fully saturated rings. The van der Waals surface area contributed by atoms with Crippen LogP contribution in [0.1, 0.15) is 18.9 Å². The summed E-state index contributed by atoms with van der Waals surface area (Å²) < 4.78 is 5.60. The van der Waals surface area contributed by atoms with E-state index in [-0.39, 0.29) is 12.5 Å². The lowest BCUT2D eigenvalue weighted by Crippen LogP contribution is -2.36. The van der Waals surface area contributed by atoms with Gasteiger partial charge in [0.15, 0.2) is 6.61 Å². The molecule has 0 spiro atoms. The molecule has 3 rings (SSSR count). The van der Waals surface area contributed by atoms with E-state index in [0.717, 1.165) is 17.0 Å². The number of carbonyl (C=O) groups is 1. The molecule has 0 saturated carbocycles. The molecule has 0 radical (unpaired) electrons. The highest BCUT2D eigenvalue weighted by atomic mass is 32.2. The van der Waals surface area contributed by atoms with Gasteiger partial charge in [-0.3, -0.25) is 4.79 Å². The van der Waals surface area contributed by atoms with Crippen LogP contribution in [0.15, 0.2) is 53.4 Å². The molecule has 1 aliphatic rings. The minimum Gasteiger partial charge on any atom is -0.484 e. The van der Waals surface area contributed by atoms with Crippen molar-refractivity contribution in [2.45, 2.75) is 23.5 Å². The van der Waals surface area contributed by atoms with E-state index in [1.807, 2.05) is 18.2 Å². The van der Waals surface area contributed by atoms with Crippen LogP contribution in [-0.4, -0.2) is 24.3 Å². The minimum atomic E-state index is -0.0699.